The topological polar surface area (TPSA) is 58.2 Å². The van der Waals surface area contributed by atoms with Crippen molar-refractivity contribution in [2.45, 2.75) is 13.8 Å². The first kappa shape index (κ1) is 14.6. The lowest BCUT2D eigenvalue weighted by Crippen LogP contribution is -2.22. The maximum absolute atomic E-state index is 12.8. The van der Waals surface area contributed by atoms with Crippen LogP contribution in [0.2, 0.25) is 0 Å². The van der Waals surface area contributed by atoms with Gasteiger partial charge in [0, 0.05) is 0 Å². The number of aryl methyl sites for hydroxylation is 2. The van der Waals surface area contributed by atoms with E-state index in [2.05, 4.69) is 11.1 Å². The van der Waals surface area contributed by atoms with Crippen LogP contribution in [0.4, 0.5) is 0 Å². The van der Waals surface area contributed by atoms with Gasteiger partial charge < -0.3 is 0 Å². The van der Waals surface area contributed by atoms with E-state index in [-0.39, 0.29) is 5.56 Å². The molecule has 0 N–H and O–H groups in total. The third-order valence-electron chi connectivity index (χ3n) is 4.19. The molecule has 0 aliphatic rings. The second-order valence-electron chi connectivity index (χ2n) is 5.80. The fourth-order valence-electron chi connectivity index (χ4n) is 2.72. The van der Waals surface area contributed by atoms with Crippen LogP contribution in [0.1, 0.15) is 22.3 Å². The number of hydrogen-bond acceptors (Lipinski definition) is 4. The molecule has 0 atom stereocenters. The van der Waals surface area contributed by atoms with E-state index in [4.69, 9.17) is 5.26 Å². The van der Waals surface area contributed by atoms with Crippen LogP contribution in [0.5, 0.6) is 0 Å². The van der Waals surface area contributed by atoms with Crippen LogP contribution in [0.25, 0.3) is 22.1 Å². The molecule has 0 saturated carbocycles. The second kappa shape index (κ2) is 5.29. The fraction of sp³-hybridized carbons (Fsp3) is 0.105. The number of nitrogens with zero attached hydrogens (tertiary/aromatic N) is 3. The number of fused-ring (bicyclic) bond motifs is 3. The monoisotopic (exact) mass is 331 g/mol. The maximum atomic E-state index is 12.8. The minimum absolute atomic E-state index is 0.0508. The van der Waals surface area contributed by atoms with E-state index in [0.717, 1.165) is 22.2 Å². The Kier molecular flexibility index (Phi) is 3.22. The van der Waals surface area contributed by atoms with Gasteiger partial charge in [0.2, 0.25) is 0 Å². The molecule has 5 heteroatoms. The third kappa shape index (κ3) is 2.20. The molecule has 0 unspecified atom stereocenters. The number of thiazole rings is 1. The van der Waals surface area contributed by atoms with Crippen LogP contribution >= 0.6 is 11.3 Å². The largest absolute Gasteiger partial charge is 0.274 e. The minimum Gasteiger partial charge on any atom is -0.267 e. The van der Waals surface area contributed by atoms with Crippen LogP contribution in [0, 0.1) is 25.2 Å². The predicted octanol–water partition coefficient (Wildman–Crippen LogP) is 2.95. The average molecular weight is 331 g/mol. The van der Waals surface area contributed by atoms with Crippen LogP contribution in [-0.4, -0.2) is 9.38 Å². The van der Waals surface area contributed by atoms with Crippen molar-refractivity contribution in [3.8, 4) is 6.07 Å². The van der Waals surface area contributed by atoms with Crippen molar-refractivity contribution in [3.05, 3.63) is 73.5 Å². The van der Waals surface area contributed by atoms with Crippen molar-refractivity contribution in [1.29, 1.82) is 5.26 Å². The van der Waals surface area contributed by atoms with Gasteiger partial charge in [-0.25, -0.2) is 9.38 Å². The van der Waals surface area contributed by atoms with Gasteiger partial charge in [-0.05, 0) is 60.9 Å². The van der Waals surface area contributed by atoms with Gasteiger partial charge in [-0.1, -0.05) is 23.5 Å². The summed E-state index contributed by atoms with van der Waals surface area (Å²) in [4.78, 5) is 18.1. The lowest BCUT2D eigenvalue weighted by atomic mass is 10.1. The third-order valence-corrected chi connectivity index (χ3v) is 5.16. The standard InChI is InChI=1S/C19H13N3OS/c1-11-7-15-16(8-12(11)2)22-18(23)17(24-19(22)21-15)9-13-3-5-14(10-20)6-4-13/h3-9H,1-2H3/b17-9-. The average Bonchev–Trinajstić information content (AvgIpc) is 3.06. The van der Waals surface area contributed by atoms with Crippen molar-refractivity contribution in [3.63, 3.8) is 0 Å². The molecule has 4 nitrogen and oxygen atoms in total. The SMILES string of the molecule is Cc1cc2nc3s/c(=C\c4ccc(C#N)cc4)c(=O)n3c2cc1C. The summed E-state index contributed by atoms with van der Waals surface area (Å²) in [6.07, 6.45) is 1.84. The van der Waals surface area contributed by atoms with Gasteiger partial charge >= 0.3 is 0 Å². The van der Waals surface area contributed by atoms with E-state index in [0.29, 0.717) is 15.1 Å². The van der Waals surface area contributed by atoms with Crippen molar-refractivity contribution >= 4 is 33.4 Å². The van der Waals surface area contributed by atoms with Crippen LogP contribution in [-0.2, 0) is 0 Å². The number of benzene rings is 2. The maximum Gasteiger partial charge on any atom is 0.274 e. The van der Waals surface area contributed by atoms with Gasteiger partial charge in [-0.3, -0.25) is 4.79 Å². The van der Waals surface area contributed by atoms with Gasteiger partial charge in [-0.15, -0.1) is 0 Å². The Morgan fingerprint density at radius 2 is 1.88 bits per heavy atom. The van der Waals surface area contributed by atoms with Gasteiger partial charge in [-0.2, -0.15) is 5.26 Å². The zero-order valence-corrected chi connectivity index (χ0v) is 14.0. The molecule has 2 aromatic heterocycles. The van der Waals surface area contributed by atoms with Gasteiger partial charge in [0.1, 0.15) is 0 Å². The molecule has 0 spiro atoms. The van der Waals surface area contributed by atoms with Gasteiger partial charge in [0.15, 0.2) is 4.96 Å². The second-order valence-corrected chi connectivity index (χ2v) is 6.81. The number of nitriles is 1. The summed E-state index contributed by atoms with van der Waals surface area (Å²) in [6.45, 7) is 4.08. The van der Waals surface area contributed by atoms with Crippen molar-refractivity contribution in [2.24, 2.45) is 0 Å². The first-order valence-corrected chi connectivity index (χ1v) is 8.32. The van der Waals surface area contributed by atoms with Crippen LogP contribution in [0.3, 0.4) is 0 Å². The molecule has 0 fully saturated rings. The highest BCUT2D eigenvalue weighted by atomic mass is 32.1. The van der Waals surface area contributed by atoms with Gasteiger partial charge in [0.25, 0.3) is 5.56 Å². The number of imidazole rings is 1. The normalized spacial score (nSPS) is 12.1. The molecule has 0 amide bonds. The summed E-state index contributed by atoms with van der Waals surface area (Å²) in [5.74, 6) is 0. The first-order chi connectivity index (χ1) is 11.6. The molecule has 24 heavy (non-hydrogen) atoms. The summed E-state index contributed by atoms with van der Waals surface area (Å²) in [6, 6.07) is 13.3. The molecule has 0 radical (unpaired) electrons. The fourth-order valence-corrected chi connectivity index (χ4v) is 3.71. The Balaban J connectivity index is 1.96. The Morgan fingerprint density at radius 3 is 2.58 bits per heavy atom. The Hall–Kier alpha value is -2.97. The smallest absolute Gasteiger partial charge is 0.267 e. The van der Waals surface area contributed by atoms with Crippen LogP contribution in [0.15, 0.2) is 41.2 Å². The van der Waals surface area contributed by atoms with Crippen molar-refractivity contribution < 1.29 is 0 Å². The highest BCUT2D eigenvalue weighted by Crippen LogP contribution is 2.20. The van der Waals surface area contributed by atoms with E-state index in [1.54, 1.807) is 16.5 Å². The summed E-state index contributed by atoms with van der Waals surface area (Å²) in [5.41, 5.74) is 5.47. The van der Waals surface area contributed by atoms with Crippen molar-refractivity contribution in [2.75, 3.05) is 0 Å². The molecule has 2 aromatic carbocycles. The molecule has 4 aromatic rings. The molecule has 0 saturated heterocycles. The molecule has 0 aliphatic carbocycles. The summed E-state index contributed by atoms with van der Waals surface area (Å²) < 4.78 is 2.32. The Labute approximate surface area is 141 Å². The predicted molar refractivity (Wildman–Crippen MR) is 96.3 cm³/mol. The van der Waals surface area contributed by atoms with Crippen molar-refractivity contribution in [1.82, 2.24) is 9.38 Å². The summed E-state index contributed by atoms with van der Waals surface area (Å²) in [5, 5.41) is 8.85. The molecular formula is C19H13N3OS. The number of hydrogen-bond donors (Lipinski definition) is 0. The van der Waals surface area contributed by atoms with E-state index in [9.17, 15) is 4.79 Å². The first-order valence-electron chi connectivity index (χ1n) is 7.51. The Bertz CT molecular complexity index is 1240. The summed E-state index contributed by atoms with van der Waals surface area (Å²) in [7, 11) is 0. The molecular weight excluding hydrogens is 318 g/mol. The summed E-state index contributed by atoms with van der Waals surface area (Å²) >= 11 is 1.38. The lowest BCUT2D eigenvalue weighted by molar-refractivity contribution is 1.18. The molecule has 0 bridgehead atoms. The zero-order valence-electron chi connectivity index (χ0n) is 13.2. The molecule has 0 aliphatic heterocycles. The highest BCUT2D eigenvalue weighted by Gasteiger charge is 2.12. The molecule has 4 rings (SSSR count). The molecule has 2 heterocycles. The molecule has 116 valence electrons. The lowest BCUT2D eigenvalue weighted by Gasteiger charge is -1.98. The van der Waals surface area contributed by atoms with E-state index < -0.39 is 0 Å². The number of rotatable bonds is 1. The van der Waals surface area contributed by atoms with Gasteiger partial charge in [0.05, 0.1) is 27.2 Å². The number of aromatic nitrogens is 2. The quantitative estimate of drug-likeness (QED) is 0.539. The van der Waals surface area contributed by atoms with Crippen LogP contribution < -0.4 is 10.1 Å². The highest BCUT2D eigenvalue weighted by molar-refractivity contribution is 7.15. The van der Waals surface area contributed by atoms with E-state index >= 15 is 0 Å². The van der Waals surface area contributed by atoms with E-state index in [1.165, 1.54) is 16.9 Å². The zero-order chi connectivity index (χ0) is 16.8. The Morgan fingerprint density at radius 1 is 1.17 bits per heavy atom. The minimum atomic E-state index is -0.0508. The van der Waals surface area contributed by atoms with E-state index in [1.807, 2.05) is 44.2 Å².